The number of hydrogen-bond acceptors (Lipinski definition) is 3. The van der Waals surface area contributed by atoms with Gasteiger partial charge in [0.1, 0.15) is 5.82 Å². The molecule has 0 radical (unpaired) electrons. The number of benzene rings is 1. The third-order valence-corrected chi connectivity index (χ3v) is 3.29. The molecule has 1 aromatic carbocycles. The average molecular weight is 252 g/mol. The maximum Gasteiger partial charge on any atom is 0.123 e. The Morgan fingerprint density at radius 1 is 1.39 bits per heavy atom. The highest BCUT2D eigenvalue weighted by atomic mass is 19.1. The van der Waals surface area contributed by atoms with Gasteiger partial charge in [-0.2, -0.15) is 0 Å². The summed E-state index contributed by atoms with van der Waals surface area (Å²) in [6, 6.07) is 4.83. The molecule has 1 fully saturated rings. The number of halogens is 1. The van der Waals surface area contributed by atoms with Crippen LogP contribution in [0.25, 0.3) is 0 Å². The first kappa shape index (κ1) is 13.5. The number of morpholine rings is 1. The molecule has 0 spiro atoms. The molecular weight excluding hydrogens is 231 g/mol. The topological polar surface area (TPSA) is 38.5 Å². The summed E-state index contributed by atoms with van der Waals surface area (Å²) < 4.78 is 19.0. The first-order valence-electron chi connectivity index (χ1n) is 6.34. The predicted octanol–water partition coefficient (Wildman–Crippen LogP) is 1.90. The first-order valence-corrected chi connectivity index (χ1v) is 6.34. The molecule has 1 heterocycles. The van der Waals surface area contributed by atoms with E-state index in [-0.39, 0.29) is 11.4 Å². The Morgan fingerprint density at radius 3 is 2.83 bits per heavy atom. The molecule has 2 N–H and O–H groups in total. The SMILES string of the molecule is CC1(C)CN(Cc2cc(F)ccc2CN)CCO1. The van der Waals surface area contributed by atoms with Crippen molar-refractivity contribution >= 4 is 0 Å². The van der Waals surface area contributed by atoms with Crippen molar-refractivity contribution in [1.82, 2.24) is 4.90 Å². The molecule has 0 bridgehead atoms. The van der Waals surface area contributed by atoms with Crippen LogP contribution in [0.2, 0.25) is 0 Å². The van der Waals surface area contributed by atoms with Crippen molar-refractivity contribution in [2.45, 2.75) is 32.5 Å². The lowest BCUT2D eigenvalue weighted by atomic mass is 10.0. The summed E-state index contributed by atoms with van der Waals surface area (Å²) >= 11 is 0. The second-order valence-corrected chi connectivity index (χ2v) is 5.44. The van der Waals surface area contributed by atoms with Crippen LogP contribution in [0, 0.1) is 5.82 Å². The van der Waals surface area contributed by atoms with Gasteiger partial charge in [0, 0.05) is 26.2 Å². The highest BCUT2D eigenvalue weighted by molar-refractivity contribution is 5.27. The number of nitrogens with zero attached hydrogens (tertiary/aromatic N) is 1. The van der Waals surface area contributed by atoms with Gasteiger partial charge in [-0.3, -0.25) is 4.90 Å². The molecule has 1 aliphatic heterocycles. The number of ether oxygens (including phenoxy) is 1. The lowest BCUT2D eigenvalue weighted by Crippen LogP contribution is -2.47. The lowest BCUT2D eigenvalue weighted by Gasteiger charge is -2.38. The summed E-state index contributed by atoms with van der Waals surface area (Å²) in [4.78, 5) is 2.29. The van der Waals surface area contributed by atoms with Crippen molar-refractivity contribution in [3.8, 4) is 0 Å². The zero-order valence-corrected chi connectivity index (χ0v) is 11.1. The smallest absolute Gasteiger partial charge is 0.123 e. The Kier molecular flexibility index (Phi) is 4.00. The van der Waals surface area contributed by atoms with Crippen LogP contribution in [-0.2, 0) is 17.8 Å². The highest BCUT2D eigenvalue weighted by Crippen LogP contribution is 2.20. The summed E-state index contributed by atoms with van der Waals surface area (Å²) in [5, 5.41) is 0. The van der Waals surface area contributed by atoms with Gasteiger partial charge >= 0.3 is 0 Å². The van der Waals surface area contributed by atoms with Gasteiger partial charge in [-0.05, 0) is 37.1 Å². The van der Waals surface area contributed by atoms with E-state index in [1.54, 1.807) is 12.1 Å². The normalized spacial score (nSPS) is 20.0. The van der Waals surface area contributed by atoms with Crippen molar-refractivity contribution in [3.63, 3.8) is 0 Å². The van der Waals surface area contributed by atoms with Crippen molar-refractivity contribution in [1.29, 1.82) is 0 Å². The number of hydrogen-bond donors (Lipinski definition) is 1. The minimum atomic E-state index is -0.199. The molecule has 2 rings (SSSR count). The van der Waals surface area contributed by atoms with Crippen LogP contribution in [0.5, 0.6) is 0 Å². The van der Waals surface area contributed by atoms with Crippen LogP contribution in [0.15, 0.2) is 18.2 Å². The lowest BCUT2D eigenvalue weighted by molar-refractivity contribution is -0.0883. The van der Waals surface area contributed by atoms with E-state index in [0.29, 0.717) is 6.54 Å². The minimum Gasteiger partial charge on any atom is -0.373 e. The molecule has 100 valence electrons. The van der Waals surface area contributed by atoms with Crippen LogP contribution < -0.4 is 5.73 Å². The minimum absolute atomic E-state index is 0.131. The van der Waals surface area contributed by atoms with E-state index >= 15 is 0 Å². The molecule has 0 amide bonds. The van der Waals surface area contributed by atoms with Crippen molar-refractivity contribution in [3.05, 3.63) is 35.1 Å². The Bertz CT molecular complexity index is 420. The van der Waals surface area contributed by atoms with Crippen molar-refractivity contribution in [2.75, 3.05) is 19.7 Å². The zero-order chi connectivity index (χ0) is 13.2. The monoisotopic (exact) mass is 252 g/mol. The maximum absolute atomic E-state index is 13.3. The first-order chi connectivity index (χ1) is 8.50. The fraction of sp³-hybridized carbons (Fsp3) is 0.571. The molecule has 0 saturated carbocycles. The Hall–Kier alpha value is -0.970. The van der Waals surface area contributed by atoms with Gasteiger partial charge in [0.15, 0.2) is 0 Å². The molecule has 0 unspecified atom stereocenters. The van der Waals surface area contributed by atoms with E-state index in [9.17, 15) is 4.39 Å². The molecular formula is C14H21FN2O. The molecule has 0 aliphatic carbocycles. The fourth-order valence-corrected chi connectivity index (χ4v) is 2.43. The standard InChI is InChI=1S/C14H21FN2O/c1-14(2)10-17(5-6-18-14)9-12-7-13(15)4-3-11(12)8-16/h3-4,7H,5-6,8-10,16H2,1-2H3. The summed E-state index contributed by atoms with van der Waals surface area (Å²) in [5.41, 5.74) is 7.56. The molecule has 0 aromatic heterocycles. The van der Waals surface area contributed by atoms with E-state index in [0.717, 1.165) is 37.4 Å². The summed E-state index contributed by atoms with van der Waals surface area (Å²) in [7, 11) is 0. The molecule has 18 heavy (non-hydrogen) atoms. The van der Waals surface area contributed by atoms with Crippen molar-refractivity contribution < 1.29 is 9.13 Å². The molecule has 1 saturated heterocycles. The quantitative estimate of drug-likeness (QED) is 0.893. The maximum atomic E-state index is 13.3. The van der Waals surface area contributed by atoms with E-state index in [1.165, 1.54) is 6.07 Å². The largest absolute Gasteiger partial charge is 0.373 e. The molecule has 1 aliphatic rings. The van der Waals surface area contributed by atoms with Crippen LogP contribution in [0.3, 0.4) is 0 Å². The van der Waals surface area contributed by atoms with Crippen LogP contribution in [0.1, 0.15) is 25.0 Å². The fourth-order valence-electron chi connectivity index (χ4n) is 2.43. The van der Waals surface area contributed by atoms with E-state index in [1.807, 2.05) is 0 Å². The highest BCUT2D eigenvalue weighted by Gasteiger charge is 2.27. The van der Waals surface area contributed by atoms with Crippen molar-refractivity contribution in [2.24, 2.45) is 5.73 Å². The summed E-state index contributed by atoms with van der Waals surface area (Å²) in [5.74, 6) is -0.199. The second-order valence-electron chi connectivity index (χ2n) is 5.44. The third-order valence-electron chi connectivity index (χ3n) is 3.29. The molecule has 3 nitrogen and oxygen atoms in total. The Balaban J connectivity index is 2.11. The van der Waals surface area contributed by atoms with E-state index < -0.39 is 0 Å². The predicted molar refractivity (Wildman–Crippen MR) is 69.6 cm³/mol. The van der Waals surface area contributed by atoms with E-state index in [4.69, 9.17) is 10.5 Å². The van der Waals surface area contributed by atoms with Gasteiger partial charge in [0.2, 0.25) is 0 Å². The third kappa shape index (κ3) is 3.28. The second kappa shape index (κ2) is 5.34. The molecule has 0 atom stereocenters. The Morgan fingerprint density at radius 2 is 2.17 bits per heavy atom. The van der Waals surface area contributed by atoms with Gasteiger partial charge in [-0.1, -0.05) is 6.07 Å². The van der Waals surface area contributed by atoms with Crippen LogP contribution >= 0.6 is 0 Å². The van der Waals surface area contributed by atoms with Gasteiger partial charge in [-0.15, -0.1) is 0 Å². The van der Waals surface area contributed by atoms with Gasteiger partial charge in [0.05, 0.1) is 12.2 Å². The number of rotatable bonds is 3. The van der Waals surface area contributed by atoms with Gasteiger partial charge < -0.3 is 10.5 Å². The van der Waals surface area contributed by atoms with E-state index in [2.05, 4.69) is 18.7 Å². The molecule has 1 aromatic rings. The molecule has 4 heteroatoms. The van der Waals surface area contributed by atoms with Gasteiger partial charge in [-0.25, -0.2) is 4.39 Å². The average Bonchev–Trinajstić information content (AvgIpc) is 2.28. The summed E-state index contributed by atoms with van der Waals surface area (Å²) in [6.07, 6.45) is 0. The number of nitrogens with two attached hydrogens (primary N) is 1. The Labute approximate surface area is 108 Å². The zero-order valence-electron chi connectivity index (χ0n) is 11.1. The summed E-state index contributed by atoms with van der Waals surface area (Å²) in [6.45, 7) is 7.79. The van der Waals surface area contributed by atoms with Crippen LogP contribution in [-0.4, -0.2) is 30.2 Å². The van der Waals surface area contributed by atoms with Gasteiger partial charge in [0.25, 0.3) is 0 Å². The van der Waals surface area contributed by atoms with Crippen LogP contribution in [0.4, 0.5) is 4.39 Å².